The van der Waals surface area contributed by atoms with Gasteiger partial charge in [-0.25, -0.2) is 0 Å². The summed E-state index contributed by atoms with van der Waals surface area (Å²) in [5.74, 6) is 1.97. The number of aliphatic hydroxyl groups excluding tert-OH is 1. The second-order valence-corrected chi connectivity index (χ2v) is 3.94. The van der Waals surface area contributed by atoms with Gasteiger partial charge in [-0.1, -0.05) is 0 Å². The van der Waals surface area contributed by atoms with Crippen molar-refractivity contribution in [2.45, 2.75) is 13.0 Å². The van der Waals surface area contributed by atoms with Gasteiger partial charge in [-0.2, -0.15) is 0 Å². The van der Waals surface area contributed by atoms with Crippen molar-refractivity contribution in [3.63, 3.8) is 0 Å². The molecule has 1 unspecified atom stereocenters. The largest absolute Gasteiger partial charge is 0.497 e. The van der Waals surface area contributed by atoms with Crippen LogP contribution in [-0.2, 0) is 0 Å². The molecule has 1 atom stereocenters. The summed E-state index contributed by atoms with van der Waals surface area (Å²) in [5.41, 5.74) is 1.42. The highest BCUT2D eigenvalue weighted by Gasteiger charge is 2.19. The monoisotopic (exact) mass is 248 g/mol. The Labute approximate surface area is 106 Å². The maximum Gasteiger partial charge on any atom is 0.128 e. The Kier molecular flexibility index (Phi) is 3.58. The number of hydrogen-bond acceptors (Lipinski definition) is 4. The first-order chi connectivity index (χ1) is 8.67. The Balaban J connectivity index is 2.41. The van der Waals surface area contributed by atoms with Gasteiger partial charge in [0.1, 0.15) is 23.4 Å². The maximum absolute atomic E-state index is 10.4. The molecule has 1 N–H and O–H groups in total. The number of methoxy groups -OCH3 is 2. The van der Waals surface area contributed by atoms with E-state index >= 15 is 0 Å². The lowest BCUT2D eigenvalue weighted by atomic mass is 10.0. The van der Waals surface area contributed by atoms with Crippen LogP contribution in [0.1, 0.15) is 23.0 Å². The van der Waals surface area contributed by atoms with E-state index < -0.39 is 6.10 Å². The molecule has 18 heavy (non-hydrogen) atoms. The zero-order chi connectivity index (χ0) is 13.1. The molecule has 1 aromatic carbocycles. The molecular weight excluding hydrogens is 232 g/mol. The molecule has 0 aliphatic heterocycles. The summed E-state index contributed by atoms with van der Waals surface area (Å²) < 4.78 is 15.6. The summed E-state index contributed by atoms with van der Waals surface area (Å²) in [6.45, 7) is 1.81. The van der Waals surface area contributed by atoms with Gasteiger partial charge in [-0.3, -0.25) is 0 Å². The predicted octanol–water partition coefficient (Wildman–Crippen LogP) is 2.69. The lowest BCUT2D eigenvalue weighted by molar-refractivity contribution is 0.212. The Morgan fingerprint density at radius 2 is 1.89 bits per heavy atom. The molecule has 2 rings (SSSR count). The topological polar surface area (TPSA) is 51.8 Å². The van der Waals surface area contributed by atoms with Gasteiger partial charge in [0.2, 0.25) is 0 Å². The van der Waals surface area contributed by atoms with Crippen LogP contribution in [0, 0.1) is 6.92 Å². The van der Waals surface area contributed by atoms with Crippen LogP contribution in [0.25, 0.3) is 0 Å². The first-order valence-electron chi connectivity index (χ1n) is 5.61. The fraction of sp³-hybridized carbons (Fsp3) is 0.286. The Hall–Kier alpha value is -1.94. The molecule has 0 radical (unpaired) electrons. The van der Waals surface area contributed by atoms with Crippen LogP contribution in [0.3, 0.4) is 0 Å². The molecule has 0 amide bonds. The highest BCUT2D eigenvalue weighted by molar-refractivity contribution is 5.45. The summed E-state index contributed by atoms with van der Waals surface area (Å²) in [7, 11) is 3.15. The third-order valence-corrected chi connectivity index (χ3v) is 2.93. The molecule has 0 bridgehead atoms. The summed E-state index contributed by atoms with van der Waals surface area (Å²) in [5, 5.41) is 10.4. The van der Waals surface area contributed by atoms with Crippen molar-refractivity contribution in [2.75, 3.05) is 14.2 Å². The van der Waals surface area contributed by atoms with Crippen molar-refractivity contribution in [1.29, 1.82) is 0 Å². The van der Waals surface area contributed by atoms with Gasteiger partial charge in [0.05, 0.1) is 20.5 Å². The van der Waals surface area contributed by atoms with Gasteiger partial charge in [0, 0.05) is 17.2 Å². The van der Waals surface area contributed by atoms with Crippen LogP contribution >= 0.6 is 0 Å². The molecule has 0 aliphatic rings. The summed E-state index contributed by atoms with van der Waals surface area (Å²) >= 11 is 0. The Bertz CT molecular complexity index is 530. The van der Waals surface area contributed by atoms with Crippen LogP contribution in [0.15, 0.2) is 34.9 Å². The average Bonchev–Trinajstić information content (AvgIpc) is 2.83. The van der Waals surface area contributed by atoms with E-state index in [0.29, 0.717) is 22.8 Å². The molecule has 0 fully saturated rings. The van der Waals surface area contributed by atoms with E-state index in [2.05, 4.69) is 0 Å². The first kappa shape index (κ1) is 12.5. The fourth-order valence-corrected chi connectivity index (χ4v) is 1.89. The molecular formula is C14H16O4. The standard InChI is InChI=1S/C14H16O4/c1-9-11(6-7-18-9)14(15)12-5-4-10(16-2)8-13(12)17-3/h4-8,14-15H,1-3H3. The summed E-state index contributed by atoms with van der Waals surface area (Å²) in [4.78, 5) is 0. The molecule has 4 nitrogen and oxygen atoms in total. The zero-order valence-electron chi connectivity index (χ0n) is 10.6. The van der Waals surface area contributed by atoms with Crippen LogP contribution in [-0.4, -0.2) is 19.3 Å². The second kappa shape index (κ2) is 5.14. The molecule has 0 spiro atoms. The number of rotatable bonds is 4. The number of furan rings is 1. The molecule has 1 aromatic heterocycles. The van der Waals surface area contributed by atoms with Crippen LogP contribution in [0.5, 0.6) is 11.5 Å². The molecule has 2 aromatic rings. The van der Waals surface area contributed by atoms with Crippen LogP contribution in [0.4, 0.5) is 0 Å². The predicted molar refractivity (Wildman–Crippen MR) is 67.1 cm³/mol. The van der Waals surface area contributed by atoms with E-state index in [0.717, 1.165) is 5.56 Å². The number of hydrogen-bond donors (Lipinski definition) is 1. The maximum atomic E-state index is 10.4. The van der Waals surface area contributed by atoms with E-state index in [9.17, 15) is 5.11 Å². The summed E-state index contributed by atoms with van der Waals surface area (Å²) in [6, 6.07) is 7.07. The van der Waals surface area contributed by atoms with Crippen molar-refractivity contribution in [3.8, 4) is 11.5 Å². The van der Waals surface area contributed by atoms with Crippen molar-refractivity contribution in [2.24, 2.45) is 0 Å². The van der Waals surface area contributed by atoms with E-state index in [1.165, 1.54) is 0 Å². The van der Waals surface area contributed by atoms with Gasteiger partial charge in [-0.05, 0) is 25.1 Å². The summed E-state index contributed by atoms with van der Waals surface area (Å²) in [6.07, 6.45) is 0.786. The Morgan fingerprint density at radius 1 is 1.11 bits per heavy atom. The first-order valence-corrected chi connectivity index (χ1v) is 5.61. The second-order valence-electron chi connectivity index (χ2n) is 3.94. The average molecular weight is 248 g/mol. The van der Waals surface area contributed by atoms with Gasteiger partial charge < -0.3 is 19.0 Å². The van der Waals surface area contributed by atoms with E-state index in [4.69, 9.17) is 13.9 Å². The van der Waals surface area contributed by atoms with Gasteiger partial charge in [-0.15, -0.1) is 0 Å². The molecule has 1 heterocycles. The minimum absolute atomic E-state index is 0.586. The Morgan fingerprint density at radius 3 is 2.44 bits per heavy atom. The molecule has 0 saturated carbocycles. The van der Waals surface area contributed by atoms with Crippen molar-refractivity contribution in [3.05, 3.63) is 47.4 Å². The number of aliphatic hydroxyl groups is 1. The third-order valence-electron chi connectivity index (χ3n) is 2.93. The smallest absolute Gasteiger partial charge is 0.128 e. The number of benzene rings is 1. The normalized spacial score (nSPS) is 12.2. The van der Waals surface area contributed by atoms with Gasteiger partial charge in [0.25, 0.3) is 0 Å². The quantitative estimate of drug-likeness (QED) is 0.903. The third kappa shape index (κ3) is 2.19. The molecule has 4 heteroatoms. The van der Waals surface area contributed by atoms with E-state index in [1.54, 1.807) is 44.7 Å². The lowest BCUT2D eigenvalue weighted by Gasteiger charge is -2.15. The van der Waals surface area contributed by atoms with Gasteiger partial charge >= 0.3 is 0 Å². The molecule has 0 saturated heterocycles. The number of ether oxygens (including phenoxy) is 2. The molecule has 96 valence electrons. The minimum Gasteiger partial charge on any atom is -0.497 e. The van der Waals surface area contributed by atoms with Gasteiger partial charge in [0.15, 0.2) is 0 Å². The van der Waals surface area contributed by atoms with Crippen molar-refractivity contribution < 1.29 is 19.0 Å². The fourth-order valence-electron chi connectivity index (χ4n) is 1.89. The van der Waals surface area contributed by atoms with Crippen LogP contribution < -0.4 is 9.47 Å². The number of aryl methyl sites for hydroxylation is 1. The highest BCUT2D eigenvalue weighted by Crippen LogP contribution is 2.34. The van der Waals surface area contributed by atoms with E-state index in [-0.39, 0.29) is 0 Å². The minimum atomic E-state index is -0.774. The van der Waals surface area contributed by atoms with Crippen molar-refractivity contribution >= 4 is 0 Å². The van der Waals surface area contributed by atoms with Crippen LogP contribution in [0.2, 0.25) is 0 Å². The zero-order valence-corrected chi connectivity index (χ0v) is 10.6. The van der Waals surface area contributed by atoms with Crippen molar-refractivity contribution in [1.82, 2.24) is 0 Å². The van der Waals surface area contributed by atoms with E-state index in [1.807, 2.05) is 6.92 Å². The highest BCUT2D eigenvalue weighted by atomic mass is 16.5. The molecule has 0 aliphatic carbocycles. The lowest BCUT2D eigenvalue weighted by Crippen LogP contribution is -2.03. The SMILES string of the molecule is COc1ccc(C(O)c2ccoc2C)c(OC)c1.